The molecule has 2 aromatic carbocycles. The van der Waals surface area contributed by atoms with Crippen molar-refractivity contribution in [2.75, 3.05) is 6.61 Å². The van der Waals surface area contributed by atoms with Gasteiger partial charge < -0.3 is 14.8 Å². The molecule has 1 N–H and O–H groups in total. The largest absolute Gasteiger partial charge is 0.490 e. The van der Waals surface area contributed by atoms with E-state index in [1.54, 1.807) is 24.4 Å². The molecule has 4 nitrogen and oxygen atoms in total. The van der Waals surface area contributed by atoms with E-state index in [-0.39, 0.29) is 12.4 Å². The van der Waals surface area contributed by atoms with Crippen molar-refractivity contribution in [2.24, 2.45) is 0 Å². The third kappa shape index (κ3) is 5.53. The molecule has 146 valence electrons. The summed E-state index contributed by atoms with van der Waals surface area (Å²) < 4.78 is 26.3. The Labute approximate surface area is 172 Å². The van der Waals surface area contributed by atoms with Gasteiger partial charge in [-0.1, -0.05) is 40.2 Å². The maximum Gasteiger partial charge on any atom is 0.162 e. The third-order valence-electron chi connectivity index (χ3n) is 4.12. The first-order chi connectivity index (χ1) is 13.7. The molecule has 0 spiro atoms. The second-order valence-electron chi connectivity index (χ2n) is 6.17. The van der Waals surface area contributed by atoms with E-state index in [1.807, 2.05) is 37.4 Å². The second kappa shape index (κ2) is 10.2. The zero-order valence-electron chi connectivity index (χ0n) is 15.6. The van der Waals surface area contributed by atoms with Gasteiger partial charge in [-0.25, -0.2) is 4.39 Å². The minimum absolute atomic E-state index is 0.137. The fourth-order valence-corrected chi connectivity index (χ4v) is 3.17. The number of nitrogens with one attached hydrogen (secondary N) is 1. The number of nitrogens with zero attached hydrogens (tertiary/aromatic N) is 1. The third-order valence-corrected chi connectivity index (χ3v) is 4.86. The van der Waals surface area contributed by atoms with Crippen molar-refractivity contribution in [2.45, 2.75) is 26.6 Å². The average Bonchev–Trinajstić information content (AvgIpc) is 2.71. The number of pyridine rings is 1. The van der Waals surface area contributed by atoms with Gasteiger partial charge in [0.25, 0.3) is 0 Å². The molecule has 1 heterocycles. The summed E-state index contributed by atoms with van der Waals surface area (Å²) in [5, 5.41) is 3.40. The van der Waals surface area contributed by atoms with Crippen LogP contribution >= 0.6 is 15.9 Å². The van der Waals surface area contributed by atoms with Gasteiger partial charge in [-0.05, 0) is 42.3 Å². The van der Waals surface area contributed by atoms with Crippen LogP contribution in [-0.2, 0) is 19.7 Å². The van der Waals surface area contributed by atoms with Crippen LogP contribution in [0, 0.1) is 5.82 Å². The quantitative estimate of drug-likeness (QED) is 0.489. The van der Waals surface area contributed by atoms with E-state index >= 15 is 0 Å². The molecule has 0 fully saturated rings. The summed E-state index contributed by atoms with van der Waals surface area (Å²) in [6.45, 7) is 3.94. The lowest BCUT2D eigenvalue weighted by atomic mass is 10.2. The molecule has 0 atom stereocenters. The van der Waals surface area contributed by atoms with Gasteiger partial charge in [0.05, 0.1) is 6.61 Å². The number of ether oxygens (including phenoxy) is 2. The minimum Gasteiger partial charge on any atom is -0.490 e. The fourth-order valence-electron chi connectivity index (χ4n) is 2.71. The van der Waals surface area contributed by atoms with Gasteiger partial charge in [0.1, 0.15) is 12.4 Å². The topological polar surface area (TPSA) is 43.4 Å². The molecule has 0 saturated heterocycles. The van der Waals surface area contributed by atoms with Gasteiger partial charge in [0.15, 0.2) is 11.5 Å². The van der Waals surface area contributed by atoms with E-state index in [9.17, 15) is 4.39 Å². The number of hydrogen-bond donors (Lipinski definition) is 1. The Bertz CT molecular complexity index is 906. The van der Waals surface area contributed by atoms with Crippen LogP contribution in [0.15, 0.2) is 65.4 Å². The molecular weight excluding hydrogens is 423 g/mol. The Morgan fingerprint density at radius 2 is 1.82 bits per heavy atom. The first kappa shape index (κ1) is 20.3. The van der Waals surface area contributed by atoms with Crippen LogP contribution in [0.3, 0.4) is 0 Å². The Morgan fingerprint density at radius 3 is 2.57 bits per heavy atom. The lowest BCUT2D eigenvalue weighted by Gasteiger charge is -2.16. The zero-order valence-corrected chi connectivity index (χ0v) is 17.2. The van der Waals surface area contributed by atoms with E-state index in [0.717, 1.165) is 22.1 Å². The summed E-state index contributed by atoms with van der Waals surface area (Å²) in [6.07, 6.45) is 3.60. The van der Waals surface area contributed by atoms with Gasteiger partial charge in [-0.3, -0.25) is 4.98 Å². The highest BCUT2D eigenvalue weighted by Crippen LogP contribution is 2.34. The van der Waals surface area contributed by atoms with Crippen LogP contribution in [0.2, 0.25) is 0 Å². The predicted molar refractivity (Wildman–Crippen MR) is 111 cm³/mol. The molecule has 0 aliphatic rings. The number of halogens is 2. The summed E-state index contributed by atoms with van der Waals surface area (Å²) in [5.74, 6) is 0.934. The van der Waals surface area contributed by atoms with E-state index in [0.29, 0.717) is 30.2 Å². The summed E-state index contributed by atoms with van der Waals surface area (Å²) >= 11 is 3.60. The van der Waals surface area contributed by atoms with Gasteiger partial charge in [-0.15, -0.1) is 0 Å². The Hall–Kier alpha value is -2.44. The second-order valence-corrected chi connectivity index (χ2v) is 7.02. The van der Waals surface area contributed by atoms with Crippen molar-refractivity contribution in [3.05, 3.63) is 87.9 Å². The highest BCUT2D eigenvalue weighted by atomic mass is 79.9. The molecular formula is C22H22BrFN2O2. The normalized spacial score (nSPS) is 10.7. The monoisotopic (exact) mass is 444 g/mol. The van der Waals surface area contributed by atoms with Crippen molar-refractivity contribution in [1.82, 2.24) is 10.3 Å². The average molecular weight is 445 g/mol. The molecule has 28 heavy (non-hydrogen) atoms. The summed E-state index contributed by atoms with van der Waals surface area (Å²) in [4.78, 5) is 4.12. The standard InChI is InChI=1S/C22H22BrFN2O2/c1-2-27-21-10-18(14-26-13-16-6-5-9-25-12-16)19(23)11-22(21)28-15-17-7-3-4-8-20(17)24/h3-12,26H,2,13-15H2,1H3. The Kier molecular flexibility index (Phi) is 7.39. The Balaban J connectivity index is 1.69. The van der Waals surface area contributed by atoms with Crippen molar-refractivity contribution in [3.63, 3.8) is 0 Å². The van der Waals surface area contributed by atoms with E-state index in [4.69, 9.17) is 9.47 Å². The minimum atomic E-state index is -0.282. The van der Waals surface area contributed by atoms with Crippen molar-refractivity contribution < 1.29 is 13.9 Å². The van der Waals surface area contributed by atoms with Crippen LogP contribution in [0.1, 0.15) is 23.6 Å². The number of hydrogen-bond acceptors (Lipinski definition) is 4. The molecule has 0 aliphatic heterocycles. The number of aromatic nitrogens is 1. The van der Waals surface area contributed by atoms with Crippen LogP contribution in [-0.4, -0.2) is 11.6 Å². The van der Waals surface area contributed by atoms with Crippen LogP contribution in [0.25, 0.3) is 0 Å². The van der Waals surface area contributed by atoms with Crippen LogP contribution in [0.5, 0.6) is 11.5 Å². The van der Waals surface area contributed by atoms with Crippen molar-refractivity contribution >= 4 is 15.9 Å². The smallest absolute Gasteiger partial charge is 0.162 e. The SMILES string of the molecule is CCOc1cc(CNCc2cccnc2)c(Br)cc1OCc1ccccc1F. The van der Waals surface area contributed by atoms with Crippen molar-refractivity contribution in [1.29, 1.82) is 0 Å². The summed E-state index contributed by atoms with van der Waals surface area (Å²) in [6, 6.07) is 14.3. The predicted octanol–water partition coefficient (Wildman–Crippen LogP) is 5.25. The van der Waals surface area contributed by atoms with E-state index in [1.165, 1.54) is 6.07 Å². The van der Waals surface area contributed by atoms with E-state index in [2.05, 4.69) is 26.2 Å². The van der Waals surface area contributed by atoms with Crippen LogP contribution < -0.4 is 14.8 Å². The van der Waals surface area contributed by atoms with Gasteiger partial charge in [0.2, 0.25) is 0 Å². The summed E-state index contributed by atoms with van der Waals surface area (Å²) in [7, 11) is 0. The lowest BCUT2D eigenvalue weighted by Crippen LogP contribution is -2.13. The van der Waals surface area contributed by atoms with Crippen LogP contribution in [0.4, 0.5) is 4.39 Å². The Morgan fingerprint density at radius 1 is 1.00 bits per heavy atom. The summed E-state index contributed by atoms with van der Waals surface area (Å²) in [5.41, 5.74) is 2.67. The molecule has 0 amide bonds. The molecule has 3 aromatic rings. The highest BCUT2D eigenvalue weighted by Gasteiger charge is 2.12. The zero-order chi connectivity index (χ0) is 19.8. The molecule has 1 aromatic heterocycles. The molecule has 0 bridgehead atoms. The highest BCUT2D eigenvalue weighted by molar-refractivity contribution is 9.10. The van der Waals surface area contributed by atoms with Gasteiger partial charge >= 0.3 is 0 Å². The van der Waals surface area contributed by atoms with Gasteiger partial charge in [-0.2, -0.15) is 0 Å². The molecule has 0 unspecified atom stereocenters. The number of benzene rings is 2. The molecule has 0 saturated carbocycles. The molecule has 6 heteroatoms. The maximum absolute atomic E-state index is 13.8. The van der Waals surface area contributed by atoms with Gasteiger partial charge in [0, 0.05) is 35.5 Å². The maximum atomic E-state index is 13.8. The fraction of sp³-hybridized carbons (Fsp3) is 0.227. The van der Waals surface area contributed by atoms with Crippen molar-refractivity contribution in [3.8, 4) is 11.5 Å². The first-order valence-corrected chi connectivity index (χ1v) is 9.87. The van der Waals surface area contributed by atoms with E-state index < -0.39 is 0 Å². The first-order valence-electron chi connectivity index (χ1n) is 9.08. The lowest BCUT2D eigenvalue weighted by molar-refractivity contribution is 0.265. The number of rotatable bonds is 9. The molecule has 3 rings (SSSR count). The molecule has 0 radical (unpaired) electrons. The molecule has 0 aliphatic carbocycles.